The Bertz CT molecular complexity index is 851. The molecule has 0 saturated heterocycles. The van der Waals surface area contributed by atoms with Gasteiger partial charge >= 0.3 is 0 Å². The minimum Gasteiger partial charge on any atom is -0.247 e. The molecule has 2 aromatic carbocycles. The van der Waals surface area contributed by atoms with Crippen molar-refractivity contribution in [3.63, 3.8) is 0 Å². The van der Waals surface area contributed by atoms with E-state index in [9.17, 15) is 0 Å². The molecule has 1 heterocycles. The van der Waals surface area contributed by atoms with Gasteiger partial charge in [-0.25, -0.2) is 4.98 Å². The molecule has 0 unspecified atom stereocenters. The summed E-state index contributed by atoms with van der Waals surface area (Å²) in [4.78, 5) is 5.01. The SMILES string of the molecule is Cc1cccc2c(C(C)(C)C)c3c(C)ccc(C)c3nc12. The van der Waals surface area contributed by atoms with E-state index in [1.165, 1.54) is 33.0 Å². The standard InChI is InChI=1S/C20H23N/c1-12-10-11-14(3)19-16(12)17(20(4,5)6)15-9-7-8-13(2)18(15)21-19/h7-11H,1-6H3. The smallest absolute Gasteiger partial charge is 0.0744 e. The van der Waals surface area contributed by atoms with Gasteiger partial charge in [0.05, 0.1) is 11.0 Å². The lowest BCUT2D eigenvalue weighted by molar-refractivity contribution is 0.600. The van der Waals surface area contributed by atoms with Crippen LogP contribution >= 0.6 is 0 Å². The fraction of sp³-hybridized carbons (Fsp3) is 0.350. The van der Waals surface area contributed by atoms with Gasteiger partial charge in [-0.2, -0.15) is 0 Å². The van der Waals surface area contributed by atoms with Crippen molar-refractivity contribution in [3.8, 4) is 0 Å². The van der Waals surface area contributed by atoms with Crippen LogP contribution in [-0.2, 0) is 5.41 Å². The molecular weight excluding hydrogens is 254 g/mol. The molecule has 21 heavy (non-hydrogen) atoms. The molecule has 0 aliphatic carbocycles. The molecule has 3 aromatic rings. The van der Waals surface area contributed by atoms with Crippen LogP contribution in [0.2, 0.25) is 0 Å². The first-order chi connectivity index (χ1) is 9.80. The first kappa shape index (κ1) is 14.1. The Morgan fingerprint density at radius 3 is 2.05 bits per heavy atom. The number of rotatable bonds is 0. The average molecular weight is 277 g/mol. The van der Waals surface area contributed by atoms with Crippen LogP contribution < -0.4 is 0 Å². The van der Waals surface area contributed by atoms with Crippen molar-refractivity contribution < 1.29 is 0 Å². The maximum Gasteiger partial charge on any atom is 0.0744 e. The predicted molar refractivity (Wildman–Crippen MR) is 92.2 cm³/mol. The molecule has 108 valence electrons. The van der Waals surface area contributed by atoms with Crippen LogP contribution in [0.15, 0.2) is 30.3 Å². The molecule has 0 radical (unpaired) electrons. The van der Waals surface area contributed by atoms with Gasteiger partial charge in [0.2, 0.25) is 0 Å². The van der Waals surface area contributed by atoms with Crippen LogP contribution in [-0.4, -0.2) is 4.98 Å². The molecule has 0 fully saturated rings. The van der Waals surface area contributed by atoms with Crippen LogP contribution in [0.4, 0.5) is 0 Å². The van der Waals surface area contributed by atoms with Gasteiger partial charge in [-0.15, -0.1) is 0 Å². The zero-order valence-electron chi connectivity index (χ0n) is 13.8. The zero-order valence-corrected chi connectivity index (χ0v) is 13.8. The summed E-state index contributed by atoms with van der Waals surface area (Å²) in [5.74, 6) is 0. The number of nitrogens with zero attached hydrogens (tertiary/aromatic N) is 1. The highest BCUT2D eigenvalue weighted by Gasteiger charge is 2.23. The van der Waals surface area contributed by atoms with Crippen molar-refractivity contribution in [1.82, 2.24) is 4.98 Å². The number of aryl methyl sites for hydroxylation is 3. The number of hydrogen-bond donors (Lipinski definition) is 0. The van der Waals surface area contributed by atoms with Gasteiger partial charge in [-0.3, -0.25) is 0 Å². The van der Waals surface area contributed by atoms with Gasteiger partial charge in [0.25, 0.3) is 0 Å². The van der Waals surface area contributed by atoms with Gasteiger partial charge in [-0.1, -0.05) is 51.1 Å². The molecule has 0 N–H and O–H groups in total. The summed E-state index contributed by atoms with van der Waals surface area (Å²) in [6.45, 7) is 13.4. The van der Waals surface area contributed by atoms with Crippen molar-refractivity contribution >= 4 is 21.8 Å². The highest BCUT2D eigenvalue weighted by atomic mass is 14.7. The van der Waals surface area contributed by atoms with E-state index in [0.717, 1.165) is 11.0 Å². The molecule has 1 aromatic heterocycles. The van der Waals surface area contributed by atoms with Gasteiger partial charge < -0.3 is 0 Å². The van der Waals surface area contributed by atoms with Crippen molar-refractivity contribution in [2.75, 3.05) is 0 Å². The molecule has 0 aliphatic rings. The lowest BCUT2D eigenvalue weighted by Crippen LogP contribution is -2.14. The maximum absolute atomic E-state index is 5.01. The average Bonchev–Trinajstić information content (AvgIpc) is 2.40. The monoisotopic (exact) mass is 277 g/mol. The summed E-state index contributed by atoms with van der Waals surface area (Å²) in [6.07, 6.45) is 0. The van der Waals surface area contributed by atoms with Gasteiger partial charge in [0.1, 0.15) is 0 Å². The van der Waals surface area contributed by atoms with E-state index in [-0.39, 0.29) is 5.41 Å². The van der Waals surface area contributed by atoms with E-state index in [1.807, 2.05) is 0 Å². The summed E-state index contributed by atoms with van der Waals surface area (Å²) in [6, 6.07) is 10.9. The van der Waals surface area contributed by atoms with Gasteiger partial charge in [0.15, 0.2) is 0 Å². The largest absolute Gasteiger partial charge is 0.247 e. The second kappa shape index (κ2) is 4.56. The van der Waals surface area contributed by atoms with E-state index >= 15 is 0 Å². The highest BCUT2D eigenvalue weighted by molar-refractivity contribution is 6.02. The summed E-state index contributed by atoms with van der Waals surface area (Å²) >= 11 is 0. The molecule has 1 heteroatoms. The summed E-state index contributed by atoms with van der Waals surface area (Å²) < 4.78 is 0. The normalized spacial score (nSPS) is 12.3. The predicted octanol–water partition coefficient (Wildman–Crippen LogP) is 5.61. The van der Waals surface area contributed by atoms with E-state index in [2.05, 4.69) is 71.9 Å². The Labute approximate surface area is 127 Å². The van der Waals surface area contributed by atoms with Crippen molar-refractivity contribution in [2.24, 2.45) is 0 Å². The number of fused-ring (bicyclic) bond motifs is 2. The fourth-order valence-corrected chi connectivity index (χ4v) is 3.29. The minimum absolute atomic E-state index is 0.0891. The Hall–Kier alpha value is -1.89. The number of pyridine rings is 1. The summed E-state index contributed by atoms with van der Waals surface area (Å²) in [5.41, 5.74) is 7.63. The van der Waals surface area contributed by atoms with E-state index in [1.54, 1.807) is 0 Å². The molecule has 0 atom stereocenters. The summed E-state index contributed by atoms with van der Waals surface area (Å²) in [7, 11) is 0. The quantitative estimate of drug-likeness (QED) is 0.487. The van der Waals surface area contributed by atoms with Crippen LogP contribution in [0.1, 0.15) is 43.0 Å². The first-order valence-electron chi connectivity index (χ1n) is 7.60. The first-order valence-corrected chi connectivity index (χ1v) is 7.60. The fourth-order valence-electron chi connectivity index (χ4n) is 3.29. The maximum atomic E-state index is 5.01. The molecule has 0 spiro atoms. The third-order valence-corrected chi connectivity index (χ3v) is 4.32. The summed E-state index contributed by atoms with van der Waals surface area (Å²) in [5, 5.41) is 2.63. The van der Waals surface area contributed by atoms with Crippen LogP contribution in [0.3, 0.4) is 0 Å². The van der Waals surface area contributed by atoms with E-state index in [0.29, 0.717) is 0 Å². The van der Waals surface area contributed by atoms with Crippen LogP contribution in [0.5, 0.6) is 0 Å². The minimum atomic E-state index is 0.0891. The van der Waals surface area contributed by atoms with Crippen molar-refractivity contribution in [3.05, 3.63) is 52.6 Å². The van der Waals surface area contributed by atoms with Crippen LogP contribution in [0.25, 0.3) is 21.8 Å². The topological polar surface area (TPSA) is 12.9 Å². The molecule has 3 rings (SSSR count). The number of hydrogen-bond acceptors (Lipinski definition) is 1. The zero-order chi connectivity index (χ0) is 15.4. The van der Waals surface area contributed by atoms with Crippen LogP contribution in [0, 0.1) is 20.8 Å². The highest BCUT2D eigenvalue weighted by Crippen LogP contribution is 2.38. The molecule has 0 bridgehead atoms. The number of aromatic nitrogens is 1. The molecule has 0 amide bonds. The number of benzene rings is 2. The van der Waals surface area contributed by atoms with Crippen molar-refractivity contribution in [1.29, 1.82) is 0 Å². The van der Waals surface area contributed by atoms with Gasteiger partial charge in [0, 0.05) is 10.8 Å². The lowest BCUT2D eigenvalue weighted by Gasteiger charge is -2.25. The second-order valence-electron chi connectivity index (χ2n) is 7.13. The third kappa shape index (κ3) is 2.12. The third-order valence-electron chi connectivity index (χ3n) is 4.32. The Morgan fingerprint density at radius 1 is 0.762 bits per heavy atom. The molecular formula is C20H23N. The van der Waals surface area contributed by atoms with Crippen molar-refractivity contribution in [2.45, 2.75) is 47.0 Å². The second-order valence-corrected chi connectivity index (χ2v) is 7.13. The lowest BCUT2D eigenvalue weighted by atomic mass is 9.80. The molecule has 1 nitrogen and oxygen atoms in total. The van der Waals surface area contributed by atoms with E-state index in [4.69, 9.17) is 4.98 Å². The Balaban J connectivity index is 2.69. The van der Waals surface area contributed by atoms with E-state index < -0.39 is 0 Å². The Kier molecular flexibility index (Phi) is 3.05. The molecule has 0 saturated carbocycles. The molecule has 0 aliphatic heterocycles. The van der Waals surface area contributed by atoms with Gasteiger partial charge in [-0.05, 0) is 48.4 Å². The Morgan fingerprint density at radius 2 is 1.38 bits per heavy atom. The number of para-hydroxylation sites is 1.